The van der Waals surface area contributed by atoms with Gasteiger partial charge in [0.15, 0.2) is 0 Å². The molecule has 25 heavy (non-hydrogen) atoms. The number of rotatable bonds is 5. The summed E-state index contributed by atoms with van der Waals surface area (Å²) in [5, 5.41) is 3.45. The zero-order chi connectivity index (χ0) is 17.2. The normalized spacial score (nSPS) is 13.8. The van der Waals surface area contributed by atoms with Crippen LogP contribution in [0.1, 0.15) is 31.1 Å². The molecular weight excluding hydrogens is 316 g/mol. The number of benzene rings is 1. The van der Waals surface area contributed by atoms with Crippen molar-refractivity contribution in [1.82, 2.24) is 14.5 Å². The maximum Gasteiger partial charge on any atom is 0.261 e. The predicted molar refractivity (Wildman–Crippen MR) is 95.5 cm³/mol. The first kappa shape index (κ1) is 15.5. The highest BCUT2D eigenvalue weighted by Crippen LogP contribution is 2.34. The van der Waals surface area contributed by atoms with Crippen LogP contribution in [0.4, 0.5) is 5.69 Å². The predicted octanol–water partition coefficient (Wildman–Crippen LogP) is 2.70. The van der Waals surface area contributed by atoms with Crippen molar-refractivity contribution in [2.45, 2.75) is 31.7 Å². The van der Waals surface area contributed by atoms with Crippen LogP contribution >= 0.6 is 0 Å². The van der Waals surface area contributed by atoms with Crippen molar-refractivity contribution in [3.05, 3.63) is 65.0 Å². The molecule has 1 amide bonds. The highest BCUT2D eigenvalue weighted by Gasteiger charge is 2.28. The van der Waals surface area contributed by atoms with E-state index in [0.717, 1.165) is 12.8 Å². The fourth-order valence-corrected chi connectivity index (χ4v) is 2.96. The van der Waals surface area contributed by atoms with Crippen LogP contribution < -0.4 is 10.9 Å². The molecule has 4 rings (SSSR count). The standard InChI is InChI=1S/C19H18N4O2/c24-18(21-13-4-3-11-20-12-13)10-9-17-22-16-6-2-1-5-15(16)19(25)23(17)14-7-8-14/h1-6,11-12,14H,7-10H2,(H,21,24). The Morgan fingerprint density at radius 2 is 2.04 bits per heavy atom. The van der Waals surface area contributed by atoms with Gasteiger partial charge in [0.1, 0.15) is 5.82 Å². The molecule has 0 aliphatic heterocycles. The van der Waals surface area contributed by atoms with Gasteiger partial charge in [0.05, 0.1) is 22.8 Å². The van der Waals surface area contributed by atoms with Crippen molar-refractivity contribution in [2.24, 2.45) is 0 Å². The molecule has 0 unspecified atom stereocenters. The summed E-state index contributed by atoms with van der Waals surface area (Å²) in [6.07, 6.45) is 5.95. The average molecular weight is 334 g/mol. The highest BCUT2D eigenvalue weighted by molar-refractivity contribution is 5.90. The van der Waals surface area contributed by atoms with Gasteiger partial charge in [0, 0.05) is 25.1 Å². The molecule has 6 nitrogen and oxygen atoms in total. The average Bonchev–Trinajstić information content (AvgIpc) is 3.46. The molecule has 1 aliphatic rings. The Hall–Kier alpha value is -3.02. The number of para-hydroxylation sites is 1. The number of aromatic nitrogens is 3. The van der Waals surface area contributed by atoms with E-state index in [1.54, 1.807) is 29.1 Å². The number of hydrogen-bond acceptors (Lipinski definition) is 4. The van der Waals surface area contributed by atoms with Crippen LogP contribution in [0.15, 0.2) is 53.6 Å². The summed E-state index contributed by atoms with van der Waals surface area (Å²) in [5.41, 5.74) is 1.35. The van der Waals surface area contributed by atoms with Gasteiger partial charge in [0.2, 0.25) is 5.91 Å². The molecule has 3 aromatic rings. The van der Waals surface area contributed by atoms with Gasteiger partial charge in [-0.2, -0.15) is 0 Å². The molecule has 0 atom stereocenters. The fourth-order valence-electron chi connectivity index (χ4n) is 2.96. The monoisotopic (exact) mass is 334 g/mol. The van der Waals surface area contributed by atoms with Crippen LogP contribution in [0.25, 0.3) is 10.9 Å². The van der Waals surface area contributed by atoms with E-state index < -0.39 is 0 Å². The quantitative estimate of drug-likeness (QED) is 0.778. The lowest BCUT2D eigenvalue weighted by Gasteiger charge is -2.12. The number of anilines is 1. The van der Waals surface area contributed by atoms with Gasteiger partial charge >= 0.3 is 0 Å². The molecule has 1 N–H and O–H groups in total. The van der Waals surface area contributed by atoms with Crippen LogP contribution in [-0.4, -0.2) is 20.4 Å². The molecule has 1 aliphatic carbocycles. The zero-order valence-corrected chi connectivity index (χ0v) is 13.7. The second-order valence-electron chi connectivity index (χ2n) is 6.24. The van der Waals surface area contributed by atoms with Gasteiger partial charge in [-0.15, -0.1) is 0 Å². The summed E-state index contributed by atoms with van der Waals surface area (Å²) in [5.74, 6) is 0.574. The molecule has 2 aromatic heterocycles. The number of nitrogens with zero attached hydrogens (tertiary/aromatic N) is 3. The number of fused-ring (bicyclic) bond motifs is 1. The molecule has 1 aromatic carbocycles. The highest BCUT2D eigenvalue weighted by atomic mass is 16.1. The number of pyridine rings is 1. The third-order valence-corrected chi connectivity index (χ3v) is 4.31. The Balaban J connectivity index is 1.57. The summed E-state index contributed by atoms with van der Waals surface area (Å²) < 4.78 is 1.78. The van der Waals surface area contributed by atoms with Gasteiger partial charge < -0.3 is 5.32 Å². The van der Waals surface area contributed by atoms with Gasteiger partial charge in [-0.25, -0.2) is 4.98 Å². The molecule has 0 saturated heterocycles. The molecule has 2 heterocycles. The lowest BCUT2D eigenvalue weighted by molar-refractivity contribution is -0.116. The summed E-state index contributed by atoms with van der Waals surface area (Å²) in [6.45, 7) is 0. The molecule has 1 fully saturated rings. The number of amides is 1. The summed E-state index contributed by atoms with van der Waals surface area (Å²) >= 11 is 0. The van der Waals surface area contributed by atoms with Crippen molar-refractivity contribution in [3.63, 3.8) is 0 Å². The van der Waals surface area contributed by atoms with E-state index in [4.69, 9.17) is 0 Å². The third kappa shape index (κ3) is 3.28. The molecule has 126 valence electrons. The fraction of sp³-hybridized carbons (Fsp3) is 0.263. The van der Waals surface area contributed by atoms with Gasteiger partial charge in [-0.05, 0) is 37.1 Å². The van der Waals surface area contributed by atoms with Crippen LogP contribution in [0.3, 0.4) is 0 Å². The summed E-state index contributed by atoms with van der Waals surface area (Å²) in [6, 6.07) is 11.2. The lowest BCUT2D eigenvalue weighted by Crippen LogP contribution is -2.25. The Morgan fingerprint density at radius 3 is 2.80 bits per heavy atom. The largest absolute Gasteiger partial charge is 0.325 e. The number of carbonyl (C=O) groups is 1. The van der Waals surface area contributed by atoms with E-state index in [9.17, 15) is 9.59 Å². The van der Waals surface area contributed by atoms with Crippen LogP contribution in [0, 0.1) is 0 Å². The lowest BCUT2D eigenvalue weighted by atomic mass is 10.2. The topological polar surface area (TPSA) is 76.9 Å². The third-order valence-electron chi connectivity index (χ3n) is 4.31. The SMILES string of the molecule is O=C(CCc1nc2ccccc2c(=O)n1C1CC1)Nc1cccnc1. The van der Waals surface area contributed by atoms with Crippen molar-refractivity contribution in [1.29, 1.82) is 0 Å². The maximum absolute atomic E-state index is 12.8. The van der Waals surface area contributed by atoms with E-state index in [1.165, 1.54) is 0 Å². The minimum Gasteiger partial charge on any atom is -0.325 e. The number of carbonyl (C=O) groups excluding carboxylic acids is 1. The first-order valence-corrected chi connectivity index (χ1v) is 8.42. The first-order valence-electron chi connectivity index (χ1n) is 8.42. The molecule has 0 bridgehead atoms. The van der Waals surface area contributed by atoms with Crippen molar-refractivity contribution in [2.75, 3.05) is 5.32 Å². The summed E-state index contributed by atoms with van der Waals surface area (Å²) in [7, 11) is 0. The van der Waals surface area contributed by atoms with Crippen LogP contribution in [-0.2, 0) is 11.2 Å². The number of hydrogen-bond donors (Lipinski definition) is 1. The second kappa shape index (κ2) is 6.47. The smallest absolute Gasteiger partial charge is 0.261 e. The van der Waals surface area contributed by atoms with Crippen molar-refractivity contribution < 1.29 is 4.79 Å². The molecule has 0 radical (unpaired) electrons. The van der Waals surface area contributed by atoms with E-state index >= 15 is 0 Å². The van der Waals surface area contributed by atoms with Crippen LogP contribution in [0.5, 0.6) is 0 Å². The van der Waals surface area contributed by atoms with Crippen molar-refractivity contribution in [3.8, 4) is 0 Å². The molecule has 0 spiro atoms. The Morgan fingerprint density at radius 1 is 1.20 bits per heavy atom. The van der Waals surface area contributed by atoms with E-state index in [1.807, 2.05) is 24.3 Å². The minimum absolute atomic E-state index is 0.00392. The first-order chi connectivity index (χ1) is 12.2. The van der Waals surface area contributed by atoms with Crippen molar-refractivity contribution >= 4 is 22.5 Å². The van der Waals surface area contributed by atoms with Gasteiger partial charge in [0.25, 0.3) is 5.56 Å². The van der Waals surface area contributed by atoms with E-state index in [2.05, 4.69) is 15.3 Å². The van der Waals surface area contributed by atoms with E-state index in [-0.39, 0.29) is 23.9 Å². The Labute approximate surface area is 144 Å². The molecular formula is C19H18N4O2. The van der Waals surface area contributed by atoms with Gasteiger partial charge in [-0.1, -0.05) is 12.1 Å². The minimum atomic E-state index is -0.113. The second-order valence-corrected chi connectivity index (χ2v) is 6.24. The Kier molecular flexibility index (Phi) is 4.01. The molecule has 6 heteroatoms. The number of nitrogens with one attached hydrogen (secondary N) is 1. The molecule has 1 saturated carbocycles. The Bertz CT molecular complexity index is 978. The van der Waals surface area contributed by atoms with Gasteiger partial charge in [-0.3, -0.25) is 19.1 Å². The number of aryl methyl sites for hydroxylation is 1. The zero-order valence-electron chi connectivity index (χ0n) is 13.7. The maximum atomic E-state index is 12.8. The van der Waals surface area contributed by atoms with Crippen LogP contribution in [0.2, 0.25) is 0 Å². The van der Waals surface area contributed by atoms with E-state index in [0.29, 0.717) is 28.8 Å². The summed E-state index contributed by atoms with van der Waals surface area (Å²) in [4.78, 5) is 33.6.